The van der Waals surface area contributed by atoms with Gasteiger partial charge in [0.05, 0.1) is 5.56 Å². The molecule has 2 N–H and O–H groups in total. The van der Waals surface area contributed by atoms with E-state index in [-0.39, 0.29) is 0 Å². The third kappa shape index (κ3) is 1.000. The van der Waals surface area contributed by atoms with Gasteiger partial charge in [0, 0.05) is 5.69 Å². The van der Waals surface area contributed by atoms with Gasteiger partial charge in [0.15, 0.2) is 0 Å². The highest BCUT2D eigenvalue weighted by molar-refractivity contribution is 5.52. The highest BCUT2D eigenvalue weighted by Gasteiger charge is 1.91. The minimum atomic E-state index is 0.484. The molecule has 0 aliphatic carbocycles. The topological polar surface area (TPSA) is 49.8 Å². The number of benzene rings is 1. The Labute approximate surface area is 53.5 Å². The summed E-state index contributed by atoms with van der Waals surface area (Å²) in [4.78, 5) is 0. The quantitative estimate of drug-likeness (QED) is 0.514. The fourth-order valence-electron chi connectivity index (χ4n) is 0.539. The van der Waals surface area contributed by atoms with Crippen LogP contribution >= 0.6 is 0 Å². The SMILES string of the molecule is N#Cc1c[c]ccc1N. The first-order valence-corrected chi connectivity index (χ1v) is 2.50. The van der Waals surface area contributed by atoms with Crippen LogP contribution in [0.1, 0.15) is 5.56 Å². The lowest BCUT2D eigenvalue weighted by Gasteiger charge is -1.90. The molecule has 1 rings (SSSR count). The van der Waals surface area contributed by atoms with E-state index in [4.69, 9.17) is 11.0 Å². The lowest BCUT2D eigenvalue weighted by Crippen LogP contribution is -1.87. The summed E-state index contributed by atoms with van der Waals surface area (Å²) in [6, 6.07) is 9.58. The fourth-order valence-corrected chi connectivity index (χ4v) is 0.539. The summed E-state index contributed by atoms with van der Waals surface area (Å²) >= 11 is 0. The smallest absolute Gasteiger partial charge is 0.101 e. The zero-order chi connectivity index (χ0) is 6.69. The Bertz CT molecular complexity index is 247. The number of nitrogens with two attached hydrogens (primary N) is 1. The van der Waals surface area contributed by atoms with Crippen molar-refractivity contribution in [1.29, 1.82) is 5.26 Å². The van der Waals surface area contributed by atoms with Gasteiger partial charge in [-0.1, -0.05) is 6.07 Å². The maximum Gasteiger partial charge on any atom is 0.101 e. The monoisotopic (exact) mass is 117 g/mol. The van der Waals surface area contributed by atoms with Crippen molar-refractivity contribution in [3.05, 3.63) is 29.8 Å². The summed E-state index contributed by atoms with van der Waals surface area (Å²) in [5.41, 5.74) is 6.38. The van der Waals surface area contributed by atoms with Crippen molar-refractivity contribution < 1.29 is 0 Å². The number of nitrogen functional groups attached to an aromatic ring is 1. The van der Waals surface area contributed by atoms with Crippen molar-refractivity contribution in [2.45, 2.75) is 0 Å². The lowest BCUT2D eigenvalue weighted by atomic mass is 10.2. The zero-order valence-electron chi connectivity index (χ0n) is 4.76. The van der Waals surface area contributed by atoms with Gasteiger partial charge in [0.1, 0.15) is 6.07 Å². The molecule has 2 nitrogen and oxygen atoms in total. The molecule has 1 aromatic carbocycles. The van der Waals surface area contributed by atoms with Gasteiger partial charge < -0.3 is 5.73 Å². The fraction of sp³-hybridized carbons (Fsp3) is 0. The van der Waals surface area contributed by atoms with Gasteiger partial charge in [-0.3, -0.25) is 0 Å². The molecule has 0 aliphatic rings. The van der Waals surface area contributed by atoms with Crippen LogP contribution in [0.15, 0.2) is 18.2 Å². The highest BCUT2D eigenvalue weighted by atomic mass is 14.6. The van der Waals surface area contributed by atoms with E-state index in [2.05, 4.69) is 6.07 Å². The molecule has 0 atom stereocenters. The van der Waals surface area contributed by atoms with Crippen LogP contribution in [0, 0.1) is 17.4 Å². The number of nitriles is 1. The molecule has 0 saturated heterocycles. The van der Waals surface area contributed by atoms with Gasteiger partial charge in [0.2, 0.25) is 0 Å². The normalized spacial score (nSPS) is 8.33. The van der Waals surface area contributed by atoms with Crippen LogP contribution < -0.4 is 5.73 Å². The number of anilines is 1. The van der Waals surface area contributed by atoms with Crippen molar-refractivity contribution in [2.75, 3.05) is 5.73 Å². The number of nitrogens with zero attached hydrogens (tertiary/aromatic N) is 1. The summed E-state index contributed by atoms with van der Waals surface area (Å²) in [5.74, 6) is 0. The van der Waals surface area contributed by atoms with Crippen molar-refractivity contribution >= 4 is 5.69 Å². The van der Waals surface area contributed by atoms with Crippen LogP contribution in [0.5, 0.6) is 0 Å². The first-order chi connectivity index (χ1) is 4.34. The van der Waals surface area contributed by atoms with Crippen LogP contribution in [0.2, 0.25) is 0 Å². The Kier molecular flexibility index (Phi) is 1.37. The van der Waals surface area contributed by atoms with Gasteiger partial charge in [-0.15, -0.1) is 0 Å². The summed E-state index contributed by atoms with van der Waals surface area (Å²) in [5, 5.41) is 8.37. The Balaban J connectivity index is 3.20. The van der Waals surface area contributed by atoms with Crippen LogP contribution in [0.25, 0.3) is 0 Å². The summed E-state index contributed by atoms with van der Waals surface area (Å²) in [6.45, 7) is 0. The Hall–Kier alpha value is -1.49. The molecular weight excluding hydrogens is 112 g/mol. The molecule has 0 fully saturated rings. The maximum atomic E-state index is 8.37. The lowest BCUT2D eigenvalue weighted by molar-refractivity contribution is 1.48. The van der Waals surface area contributed by atoms with Crippen molar-refractivity contribution in [3.63, 3.8) is 0 Å². The molecule has 0 unspecified atom stereocenters. The van der Waals surface area contributed by atoms with E-state index in [1.165, 1.54) is 0 Å². The van der Waals surface area contributed by atoms with Crippen LogP contribution in [-0.2, 0) is 0 Å². The first kappa shape index (κ1) is 5.64. The zero-order valence-corrected chi connectivity index (χ0v) is 4.76. The van der Waals surface area contributed by atoms with E-state index in [0.29, 0.717) is 11.3 Å². The molecule has 0 saturated carbocycles. The summed E-state index contributed by atoms with van der Waals surface area (Å²) in [6.07, 6.45) is 0. The van der Waals surface area contributed by atoms with Gasteiger partial charge in [0.25, 0.3) is 0 Å². The van der Waals surface area contributed by atoms with Gasteiger partial charge >= 0.3 is 0 Å². The van der Waals surface area contributed by atoms with Gasteiger partial charge in [-0.05, 0) is 18.2 Å². The van der Waals surface area contributed by atoms with Crippen molar-refractivity contribution in [2.24, 2.45) is 0 Å². The molecule has 0 aromatic heterocycles. The van der Waals surface area contributed by atoms with Crippen LogP contribution in [-0.4, -0.2) is 0 Å². The third-order valence-corrected chi connectivity index (χ3v) is 1.02. The predicted molar refractivity (Wildman–Crippen MR) is 34.4 cm³/mol. The minimum absolute atomic E-state index is 0.484. The maximum absolute atomic E-state index is 8.37. The average Bonchev–Trinajstić information content (AvgIpc) is 1.89. The number of rotatable bonds is 0. The second-order valence-corrected chi connectivity index (χ2v) is 1.63. The standard InChI is InChI=1S/C7H5N2/c8-5-6-3-1-2-4-7(6)9/h2-4H,9H2. The Morgan fingerprint density at radius 3 is 2.89 bits per heavy atom. The number of hydrogen-bond donors (Lipinski definition) is 1. The average molecular weight is 117 g/mol. The molecule has 1 aromatic rings. The third-order valence-electron chi connectivity index (χ3n) is 1.02. The summed E-state index contributed by atoms with van der Waals surface area (Å²) < 4.78 is 0. The second kappa shape index (κ2) is 2.19. The molecular formula is C7H5N2. The minimum Gasteiger partial charge on any atom is -0.398 e. The highest BCUT2D eigenvalue weighted by Crippen LogP contribution is 2.06. The van der Waals surface area contributed by atoms with E-state index < -0.39 is 0 Å². The largest absolute Gasteiger partial charge is 0.398 e. The van der Waals surface area contributed by atoms with E-state index in [0.717, 1.165) is 0 Å². The molecule has 0 spiro atoms. The van der Waals surface area contributed by atoms with Crippen LogP contribution in [0.4, 0.5) is 5.69 Å². The molecule has 43 valence electrons. The van der Waals surface area contributed by atoms with E-state index in [9.17, 15) is 0 Å². The van der Waals surface area contributed by atoms with Gasteiger partial charge in [-0.2, -0.15) is 5.26 Å². The van der Waals surface area contributed by atoms with Crippen molar-refractivity contribution in [3.8, 4) is 6.07 Å². The van der Waals surface area contributed by atoms with E-state index in [1.807, 2.05) is 6.07 Å². The predicted octanol–water partition coefficient (Wildman–Crippen LogP) is 0.941. The van der Waals surface area contributed by atoms with E-state index in [1.54, 1.807) is 18.2 Å². The first-order valence-electron chi connectivity index (χ1n) is 2.50. The second-order valence-electron chi connectivity index (χ2n) is 1.63. The molecule has 0 bridgehead atoms. The molecule has 0 heterocycles. The summed E-state index contributed by atoms with van der Waals surface area (Å²) in [7, 11) is 0. The van der Waals surface area contributed by atoms with Gasteiger partial charge in [-0.25, -0.2) is 0 Å². The molecule has 1 radical (unpaired) electrons. The molecule has 2 heteroatoms. The van der Waals surface area contributed by atoms with Crippen LogP contribution in [0.3, 0.4) is 0 Å². The van der Waals surface area contributed by atoms with E-state index >= 15 is 0 Å². The molecule has 9 heavy (non-hydrogen) atoms. The number of hydrogen-bond acceptors (Lipinski definition) is 2. The molecule has 0 amide bonds. The van der Waals surface area contributed by atoms with Crippen molar-refractivity contribution in [1.82, 2.24) is 0 Å². The Morgan fingerprint density at radius 1 is 1.67 bits per heavy atom. The molecule has 0 aliphatic heterocycles. The Morgan fingerprint density at radius 2 is 2.44 bits per heavy atom.